The topological polar surface area (TPSA) is 59.3 Å². The zero-order valence-corrected chi connectivity index (χ0v) is 15.0. The number of carbonyl (C=O) groups is 1. The number of aryl methyl sites for hydroxylation is 1. The molecule has 1 aromatic heterocycles. The first-order valence-electron chi connectivity index (χ1n) is 8.11. The third kappa shape index (κ3) is 4.31. The van der Waals surface area contributed by atoms with Gasteiger partial charge in [0.15, 0.2) is 0 Å². The van der Waals surface area contributed by atoms with Crippen molar-refractivity contribution in [2.24, 2.45) is 0 Å². The summed E-state index contributed by atoms with van der Waals surface area (Å²) in [7, 11) is 0. The van der Waals surface area contributed by atoms with Crippen molar-refractivity contribution in [1.29, 1.82) is 0 Å². The van der Waals surface area contributed by atoms with Crippen molar-refractivity contribution in [2.45, 2.75) is 30.9 Å². The molecule has 2 aromatic carbocycles. The Morgan fingerprint density at radius 3 is 2.56 bits per heavy atom. The van der Waals surface area contributed by atoms with Crippen LogP contribution < -0.4 is 10.9 Å². The number of anilines is 1. The Labute approximate surface area is 150 Å². The predicted molar refractivity (Wildman–Crippen MR) is 102 cm³/mol. The van der Waals surface area contributed by atoms with Gasteiger partial charge < -0.3 is 9.73 Å². The highest BCUT2D eigenvalue weighted by Crippen LogP contribution is 2.28. The average molecular weight is 353 g/mol. The Bertz CT molecular complexity index is 961. The van der Waals surface area contributed by atoms with Crippen molar-refractivity contribution in [3.63, 3.8) is 0 Å². The summed E-state index contributed by atoms with van der Waals surface area (Å²) < 4.78 is 5.34. The number of thioether (sulfide) groups is 1. The molecular weight excluding hydrogens is 334 g/mol. The molecule has 25 heavy (non-hydrogen) atoms. The van der Waals surface area contributed by atoms with Gasteiger partial charge in [0.2, 0.25) is 5.91 Å². The standard InChI is InChI=1S/C20H19NO3S/c1-3-14-4-9-18-15(11-20(23)24-19(18)10-14)12-25-17-7-5-16(6-8-17)21-13(2)22/h4-11H,3,12H2,1-2H3,(H,21,22). The minimum atomic E-state index is -0.322. The number of hydrogen-bond donors (Lipinski definition) is 1. The number of nitrogens with one attached hydrogen (secondary N) is 1. The minimum Gasteiger partial charge on any atom is -0.423 e. The summed E-state index contributed by atoms with van der Waals surface area (Å²) in [5, 5.41) is 3.72. The van der Waals surface area contributed by atoms with E-state index in [1.54, 1.807) is 17.8 Å². The molecule has 1 heterocycles. The van der Waals surface area contributed by atoms with E-state index in [-0.39, 0.29) is 11.5 Å². The molecule has 0 fully saturated rings. The normalized spacial score (nSPS) is 10.8. The molecule has 0 bridgehead atoms. The molecule has 0 aliphatic carbocycles. The Balaban J connectivity index is 1.81. The summed E-state index contributed by atoms with van der Waals surface area (Å²) >= 11 is 1.64. The van der Waals surface area contributed by atoms with Gasteiger partial charge in [-0.25, -0.2) is 4.79 Å². The van der Waals surface area contributed by atoms with Crippen LogP contribution in [0.1, 0.15) is 25.0 Å². The largest absolute Gasteiger partial charge is 0.423 e. The van der Waals surface area contributed by atoms with Crippen LogP contribution in [0.2, 0.25) is 0 Å². The Kier molecular flexibility index (Phi) is 5.24. The SMILES string of the molecule is CCc1ccc2c(CSc3ccc(NC(C)=O)cc3)cc(=O)oc2c1. The van der Waals surface area contributed by atoms with E-state index in [4.69, 9.17) is 4.42 Å². The molecule has 0 saturated heterocycles. The van der Waals surface area contributed by atoms with Gasteiger partial charge in [0, 0.05) is 34.7 Å². The van der Waals surface area contributed by atoms with E-state index in [2.05, 4.69) is 18.3 Å². The summed E-state index contributed by atoms with van der Waals surface area (Å²) in [6.45, 7) is 3.56. The molecule has 0 spiro atoms. The van der Waals surface area contributed by atoms with Crippen LogP contribution >= 0.6 is 11.8 Å². The first-order chi connectivity index (χ1) is 12.0. The molecule has 0 aliphatic rings. The van der Waals surface area contributed by atoms with Gasteiger partial charge in [-0.2, -0.15) is 0 Å². The van der Waals surface area contributed by atoms with E-state index < -0.39 is 0 Å². The summed E-state index contributed by atoms with van der Waals surface area (Å²) in [4.78, 5) is 24.0. The molecule has 0 saturated carbocycles. The van der Waals surface area contributed by atoms with Crippen molar-refractivity contribution < 1.29 is 9.21 Å². The summed E-state index contributed by atoms with van der Waals surface area (Å²) in [5.41, 5.74) is 3.20. The third-order valence-electron chi connectivity index (χ3n) is 3.87. The molecule has 128 valence electrons. The van der Waals surface area contributed by atoms with Gasteiger partial charge >= 0.3 is 5.63 Å². The number of benzene rings is 2. The number of fused-ring (bicyclic) bond motifs is 1. The number of amides is 1. The van der Waals surface area contributed by atoms with Crippen LogP contribution in [0.4, 0.5) is 5.69 Å². The number of carbonyl (C=O) groups excluding carboxylic acids is 1. The van der Waals surface area contributed by atoms with Gasteiger partial charge in [0.25, 0.3) is 0 Å². The van der Waals surface area contributed by atoms with Gasteiger partial charge in [-0.15, -0.1) is 11.8 Å². The van der Waals surface area contributed by atoms with Crippen LogP contribution in [0.5, 0.6) is 0 Å². The lowest BCUT2D eigenvalue weighted by Crippen LogP contribution is -2.05. The van der Waals surface area contributed by atoms with Crippen molar-refractivity contribution in [3.05, 3.63) is 70.1 Å². The Morgan fingerprint density at radius 2 is 1.88 bits per heavy atom. The van der Waals surface area contributed by atoms with Crippen LogP contribution in [-0.2, 0) is 17.0 Å². The molecule has 5 heteroatoms. The molecule has 1 amide bonds. The number of hydrogen-bond acceptors (Lipinski definition) is 4. The minimum absolute atomic E-state index is 0.0886. The number of rotatable bonds is 5. The van der Waals surface area contributed by atoms with E-state index in [1.807, 2.05) is 36.4 Å². The predicted octanol–water partition coefficient (Wildman–Crippen LogP) is 4.61. The molecule has 3 rings (SSSR count). The maximum atomic E-state index is 11.8. The lowest BCUT2D eigenvalue weighted by molar-refractivity contribution is -0.114. The highest BCUT2D eigenvalue weighted by molar-refractivity contribution is 7.98. The van der Waals surface area contributed by atoms with Crippen LogP contribution in [0.3, 0.4) is 0 Å². The summed E-state index contributed by atoms with van der Waals surface area (Å²) in [5.74, 6) is 0.585. The third-order valence-corrected chi connectivity index (χ3v) is 4.93. The van der Waals surface area contributed by atoms with E-state index in [1.165, 1.54) is 6.92 Å². The molecule has 0 atom stereocenters. The van der Waals surface area contributed by atoms with E-state index in [0.29, 0.717) is 11.3 Å². The monoisotopic (exact) mass is 353 g/mol. The maximum absolute atomic E-state index is 11.8. The zero-order chi connectivity index (χ0) is 17.8. The summed E-state index contributed by atoms with van der Waals surface area (Å²) in [6.07, 6.45) is 0.902. The first kappa shape index (κ1) is 17.3. The highest BCUT2D eigenvalue weighted by atomic mass is 32.2. The van der Waals surface area contributed by atoms with Gasteiger partial charge in [-0.05, 0) is 47.9 Å². The van der Waals surface area contributed by atoms with Crippen LogP contribution in [0.15, 0.2) is 62.6 Å². The quantitative estimate of drug-likeness (QED) is 0.538. The molecule has 3 aromatic rings. The molecule has 1 N–H and O–H groups in total. The Morgan fingerprint density at radius 1 is 1.12 bits per heavy atom. The van der Waals surface area contributed by atoms with Crippen molar-refractivity contribution in [2.75, 3.05) is 5.32 Å². The van der Waals surface area contributed by atoms with Gasteiger partial charge in [0.1, 0.15) is 5.58 Å². The molecule has 0 unspecified atom stereocenters. The second-order valence-corrected chi connectivity index (χ2v) is 6.82. The van der Waals surface area contributed by atoms with Gasteiger partial charge in [-0.1, -0.05) is 19.1 Å². The second kappa shape index (κ2) is 7.57. The van der Waals surface area contributed by atoms with Gasteiger partial charge in [-0.3, -0.25) is 4.79 Å². The van der Waals surface area contributed by atoms with Crippen molar-refractivity contribution >= 4 is 34.3 Å². The fourth-order valence-electron chi connectivity index (χ4n) is 2.61. The maximum Gasteiger partial charge on any atom is 0.336 e. The average Bonchev–Trinajstić information content (AvgIpc) is 2.59. The molecule has 4 nitrogen and oxygen atoms in total. The van der Waals surface area contributed by atoms with Crippen molar-refractivity contribution in [3.8, 4) is 0 Å². The smallest absolute Gasteiger partial charge is 0.336 e. The molecule has 0 aliphatic heterocycles. The lowest BCUT2D eigenvalue weighted by atomic mass is 10.1. The van der Waals surface area contributed by atoms with Gasteiger partial charge in [0.05, 0.1) is 0 Å². The fraction of sp³-hybridized carbons (Fsp3) is 0.200. The van der Waals surface area contributed by atoms with Crippen LogP contribution in [0, 0.1) is 0 Å². The van der Waals surface area contributed by atoms with E-state index in [0.717, 1.165) is 33.5 Å². The lowest BCUT2D eigenvalue weighted by Gasteiger charge is -2.07. The van der Waals surface area contributed by atoms with E-state index >= 15 is 0 Å². The Hall–Kier alpha value is -2.53. The van der Waals surface area contributed by atoms with E-state index in [9.17, 15) is 9.59 Å². The highest BCUT2D eigenvalue weighted by Gasteiger charge is 2.07. The molecule has 0 radical (unpaired) electrons. The van der Waals surface area contributed by atoms with Crippen LogP contribution in [0.25, 0.3) is 11.0 Å². The zero-order valence-electron chi connectivity index (χ0n) is 14.2. The summed E-state index contributed by atoms with van der Waals surface area (Å²) in [6, 6.07) is 15.2. The molecular formula is C20H19NO3S. The van der Waals surface area contributed by atoms with Crippen molar-refractivity contribution in [1.82, 2.24) is 0 Å². The first-order valence-corrected chi connectivity index (χ1v) is 9.10. The van der Waals surface area contributed by atoms with Crippen LogP contribution in [-0.4, -0.2) is 5.91 Å². The second-order valence-electron chi connectivity index (χ2n) is 5.77. The fourth-order valence-corrected chi connectivity index (χ4v) is 3.50.